The highest BCUT2D eigenvalue weighted by atomic mass is 32.1. The maximum absolute atomic E-state index is 13.0. The topological polar surface area (TPSA) is 92.3 Å². The molecule has 3 N–H and O–H groups in total. The van der Waals surface area contributed by atoms with Crippen molar-refractivity contribution in [3.63, 3.8) is 0 Å². The molecule has 1 fully saturated rings. The van der Waals surface area contributed by atoms with E-state index < -0.39 is 0 Å². The van der Waals surface area contributed by atoms with Gasteiger partial charge in [-0.3, -0.25) is 9.59 Å². The number of amides is 2. The first-order valence-corrected chi connectivity index (χ1v) is 11.3. The molecule has 0 radical (unpaired) electrons. The number of methoxy groups -OCH3 is 1. The second-order valence-corrected chi connectivity index (χ2v) is 8.83. The second-order valence-electron chi connectivity index (χ2n) is 7.83. The maximum atomic E-state index is 13.0. The molecule has 0 spiro atoms. The number of hydrogen-bond donors (Lipinski definition) is 3. The second kappa shape index (κ2) is 9.40. The van der Waals surface area contributed by atoms with Crippen LogP contribution in [-0.4, -0.2) is 29.9 Å². The molecule has 8 heteroatoms. The Morgan fingerprint density at radius 2 is 1.91 bits per heavy atom. The summed E-state index contributed by atoms with van der Waals surface area (Å²) in [6.45, 7) is 4.25. The van der Waals surface area contributed by atoms with Crippen molar-refractivity contribution in [3.05, 3.63) is 69.7 Å². The Morgan fingerprint density at radius 3 is 2.66 bits per heavy atom. The molecule has 1 heterocycles. The summed E-state index contributed by atoms with van der Waals surface area (Å²) in [5, 5.41) is 9.84. The van der Waals surface area contributed by atoms with Gasteiger partial charge in [0.15, 0.2) is 5.13 Å². The van der Waals surface area contributed by atoms with E-state index in [-0.39, 0.29) is 17.9 Å². The van der Waals surface area contributed by atoms with Crippen molar-refractivity contribution in [3.8, 4) is 5.75 Å². The van der Waals surface area contributed by atoms with Gasteiger partial charge in [0.2, 0.25) is 0 Å². The minimum atomic E-state index is -0.242. The highest BCUT2D eigenvalue weighted by Gasteiger charge is 2.24. The van der Waals surface area contributed by atoms with E-state index in [2.05, 4.69) is 20.9 Å². The number of para-hydroxylation sites is 1. The van der Waals surface area contributed by atoms with Gasteiger partial charge in [0, 0.05) is 29.4 Å². The third-order valence-corrected chi connectivity index (χ3v) is 6.40. The number of ether oxygens (including phenoxy) is 1. The lowest BCUT2D eigenvalue weighted by Gasteiger charge is -2.10. The van der Waals surface area contributed by atoms with Crippen LogP contribution >= 0.6 is 11.3 Å². The number of nitrogens with zero attached hydrogens (tertiary/aromatic N) is 1. The summed E-state index contributed by atoms with van der Waals surface area (Å²) in [6, 6.07) is 13.4. The predicted octanol–water partition coefficient (Wildman–Crippen LogP) is 4.53. The zero-order chi connectivity index (χ0) is 22.7. The number of rotatable bonds is 8. The number of nitrogens with one attached hydrogen (secondary N) is 3. The number of benzene rings is 2. The molecule has 166 valence electrons. The molecule has 2 amide bonds. The molecule has 2 aromatic carbocycles. The summed E-state index contributed by atoms with van der Waals surface area (Å²) in [5.41, 5.74) is 3.70. The fourth-order valence-electron chi connectivity index (χ4n) is 3.28. The van der Waals surface area contributed by atoms with Crippen LogP contribution in [0, 0.1) is 13.8 Å². The van der Waals surface area contributed by atoms with Gasteiger partial charge in [0.05, 0.1) is 12.8 Å². The summed E-state index contributed by atoms with van der Waals surface area (Å²) >= 11 is 1.30. The molecule has 1 saturated carbocycles. The highest BCUT2D eigenvalue weighted by Crippen LogP contribution is 2.27. The highest BCUT2D eigenvalue weighted by molar-refractivity contribution is 7.17. The summed E-state index contributed by atoms with van der Waals surface area (Å²) in [5.74, 6) is 0.445. The Balaban J connectivity index is 1.44. The first-order chi connectivity index (χ1) is 15.4. The van der Waals surface area contributed by atoms with Crippen LogP contribution in [0.2, 0.25) is 0 Å². The van der Waals surface area contributed by atoms with E-state index in [9.17, 15) is 9.59 Å². The molecule has 0 bridgehead atoms. The molecule has 7 nitrogen and oxygen atoms in total. The summed E-state index contributed by atoms with van der Waals surface area (Å²) < 4.78 is 5.38. The van der Waals surface area contributed by atoms with E-state index in [1.54, 1.807) is 19.2 Å². The Kier molecular flexibility index (Phi) is 6.41. The standard InChI is InChI=1S/C24H26N4O3S/c1-14-8-9-16(22(29)27-18-10-11-18)12-19(14)28-23(30)21-15(2)26-24(32-21)25-13-17-6-4-5-7-20(17)31-3/h4-9,12,18H,10-11,13H2,1-3H3,(H,25,26)(H,27,29)(H,28,30). The van der Waals surface area contributed by atoms with Crippen molar-refractivity contribution in [2.75, 3.05) is 17.7 Å². The first kappa shape index (κ1) is 21.8. The molecule has 1 aliphatic carbocycles. The zero-order valence-electron chi connectivity index (χ0n) is 18.3. The lowest BCUT2D eigenvalue weighted by Crippen LogP contribution is -2.25. The Morgan fingerprint density at radius 1 is 1.12 bits per heavy atom. The van der Waals surface area contributed by atoms with Crippen LogP contribution in [0.15, 0.2) is 42.5 Å². The van der Waals surface area contributed by atoms with Gasteiger partial charge >= 0.3 is 0 Å². The number of carbonyl (C=O) groups excluding carboxylic acids is 2. The molecule has 0 unspecified atom stereocenters. The van der Waals surface area contributed by atoms with E-state index >= 15 is 0 Å². The van der Waals surface area contributed by atoms with Gasteiger partial charge in [-0.15, -0.1) is 0 Å². The molecule has 4 rings (SSSR count). The molecule has 0 aliphatic heterocycles. The average Bonchev–Trinajstić information content (AvgIpc) is 3.52. The summed E-state index contributed by atoms with van der Waals surface area (Å²) in [7, 11) is 1.64. The SMILES string of the molecule is COc1ccccc1CNc1nc(C)c(C(=O)Nc2cc(C(=O)NC3CC3)ccc2C)s1. The van der Waals surface area contributed by atoms with E-state index in [0.29, 0.717) is 33.5 Å². The fraction of sp³-hybridized carbons (Fsp3) is 0.292. The Hall–Kier alpha value is -3.39. The molecular formula is C24H26N4O3S. The van der Waals surface area contributed by atoms with Crippen LogP contribution in [0.1, 0.15) is 49.7 Å². The summed E-state index contributed by atoms with van der Waals surface area (Å²) in [6.07, 6.45) is 2.05. The van der Waals surface area contributed by atoms with E-state index in [0.717, 1.165) is 29.7 Å². The number of thiazole rings is 1. The monoisotopic (exact) mass is 450 g/mol. The molecule has 3 aromatic rings. The third-order valence-electron chi connectivity index (χ3n) is 5.29. The Bertz CT molecular complexity index is 1150. The lowest BCUT2D eigenvalue weighted by molar-refractivity contribution is 0.0949. The van der Waals surface area contributed by atoms with Gasteiger partial charge < -0.3 is 20.7 Å². The van der Waals surface area contributed by atoms with Crippen LogP contribution in [0.4, 0.5) is 10.8 Å². The third kappa shape index (κ3) is 5.08. The van der Waals surface area contributed by atoms with Gasteiger partial charge in [0.25, 0.3) is 11.8 Å². The largest absolute Gasteiger partial charge is 0.496 e. The van der Waals surface area contributed by atoms with Crippen molar-refractivity contribution in [2.24, 2.45) is 0 Å². The van der Waals surface area contributed by atoms with Crippen molar-refractivity contribution in [1.29, 1.82) is 0 Å². The Labute approximate surface area is 191 Å². The molecular weight excluding hydrogens is 424 g/mol. The van der Waals surface area contributed by atoms with Crippen molar-refractivity contribution in [1.82, 2.24) is 10.3 Å². The van der Waals surface area contributed by atoms with Gasteiger partial charge in [-0.05, 0) is 50.5 Å². The average molecular weight is 451 g/mol. The van der Waals surface area contributed by atoms with Gasteiger partial charge in [-0.2, -0.15) is 0 Å². The van der Waals surface area contributed by atoms with Crippen LogP contribution in [0.25, 0.3) is 0 Å². The number of aromatic nitrogens is 1. The van der Waals surface area contributed by atoms with Crippen molar-refractivity contribution < 1.29 is 14.3 Å². The molecule has 32 heavy (non-hydrogen) atoms. The minimum absolute atomic E-state index is 0.111. The maximum Gasteiger partial charge on any atom is 0.267 e. The van der Waals surface area contributed by atoms with Gasteiger partial charge in [-0.1, -0.05) is 35.6 Å². The van der Waals surface area contributed by atoms with Gasteiger partial charge in [0.1, 0.15) is 10.6 Å². The minimum Gasteiger partial charge on any atom is -0.496 e. The number of aryl methyl sites for hydroxylation is 2. The molecule has 0 saturated heterocycles. The van der Waals surface area contributed by atoms with E-state index in [4.69, 9.17) is 4.74 Å². The van der Waals surface area contributed by atoms with E-state index in [1.165, 1.54) is 11.3 Å². The zero-order valence-corrected chi connectivity index (χ0v) is 19.1. The van der Waals surface area contributed by atoms with Crippen LogP contribution < -0.4 is 20.7 Å². The normalized spacial score (nSPS) is 12.8. The quantitative estimate of drug-likeness (QED) is 0.469. The smallest absolute Gasteiger partial charge is 0.267 e. The molecule has 1 aromatic heterocycles. The fourth-order valence-corrected chi connectivity index (χ4v) is 4.13. The predicted molar refractivity (Wildman–Crippen MR) is 127 cm³/mol. The van der Waals surface area contributed by atoms with Crippen LogP contribution in [0.3, 0.4) is 0 Å². The first-order valence-electron chi connectivity index (χ1n) is 10.5. The van der Waals surface area contributed by atoms with E-state index in [1.807, 2.05) is 44.2 Å². The molecule has 1 aliphatic rings. The lowest BCUT2D eigenvalue weighted by atomic mass is 10.1. The number of anilines is 2. The van der Waals surface area contributed by atoms with Crippen LogP contribution in [-0.2, 0) is 6.54 Å². The van der Waals surface area contributed by atoms with Gasteiger partial charge in [-0.25, -0.2) is 4.98 Å². The molecule has 0 atom stereocenters. The summed E-state index contributed by atoms with van der Waals surface area (Å²) in [4.78, 5) is 30.3. The van der Waals surface area contributed by atoms with Crippen molar-refractivity contribution >= 4 is 34.0 Å². The number of carbonyl (C=O) groups is 2. The van der Waals surface area contributed by atoms with Crippen LogP contribution in [0.5, 0.6) is 5.75 Å². The van der Waals surface area contributed by atoms with Crippen molar-refractivity contribution in [2.45, 2.75) is 39.3 Å². The number of hydrogen-bond acceptors (Lipinski definition) is 6.